The van der Waals surface area contributed by atoms with Gasteiger partial charge >= 0.3 is 0 Å². The van der Waals surface area contributed by atoms with Gasteiger partial charge in [-0.25, -0.2) is 0 Å². The quantitative estimate of drug-likeness (QED) is 0.372. The Labute approximate surface area is 184 Å². The molecule has 1 amide bonds. The van der Waals surface area contributed by atoms with Crippen LogP contribution in [0.2, 0.25) is 0 Å². The first-order valence-corrected chi connectivity index (χ1v) is 10.4. The minimum absolute atomic E-state index is 0.0547. The number of nitrogens with one attached hydrogen (secondary N) is 1. The third-order valence-corrected chi connectivity index (χ3v) is 5.45. The van der Waals surface area contributed by atoms with Crippen LogP contribution in [-0.4, -0.2) is 36.5 Å². The van der Waals surface area contributed by atoms with Gasteiger partial charge in [-0.15, -0.1) is 11.3 Å². The lowest BCUT2D eigenvalue weighted by Gasteiger charge is -2.22. The molecule has 1 aromatic heterocycles. The number of anilines is 1. The number of amides is 1. The van der Waals surface area contributed by atoms with Crippen molar-refractivity contribution in [1.82, 2.24) is 4.90 Å². The lowest BCUT2D eigenvalue weighted by molar-refractivity contribution is -0.384. The average Bonchev–Trinajstić information content (AvgIpc) is 3.27. The number of carbonyl (C=O) groups is 1. The third kappa shape index (κ3) is 6.03. The van der Waals surface area contributed by atoms with E-state index in [2.05, 4.69) is 5.32 Å². The van der Waals surface area contributed by atoms with E-state index in [1.54, 1.807) is 24.5 Å². The van der Waals surface area contributed by atoms with Crippen LogP contribution < -0.4 is 14.8 Å². The molecule has 0 radical (unpaired) electrons. The van der Waals surface area contributed by atoms with E-state index in [9.17, 15) is 14.9 Å². The van der Waals surface area contributed by atoms with Crippen molar-refractivity contribution in [2.24, 2.45) is 0 Å². The van der Waals surface area contributed by atoms with E-state index >= 15 is 0 Å². The number of hydrogen-bond donors (Lipinski definition) is 1. The Morgan fingerprint density at radius 1 is 1.10 bits per heavy atom. The van der Waals surface area contributed by atoms with Gasteiger partial charge in [-0.2, -0.15) is 0 Å². The summed E-state index contributed by atoms with van der Waals surface area (Å²) in [7, 11) is 3.04. The topological polar surface area (TPSA) is 93.9 Å². The summed E-state index contributed by atoms with van der Waals surface area (Å²) in [6.45, 7) is 1.10. The highest BCUT2D eigenvalue weighted by Crippen LogP contribution is 2.29. The zero-order chi connectivity index (χ0) is 22.2. The van der Waals surface area contributed by atoms with Crippen molar-refractivity contribution in [3.63, 3.8) is 0 Å². The molecular formula is C22H23N3O5S. The fourth-order valence-corrected chi connectivity index (χ4v) is 3.90. The molecule has 3 rings (SSSR count). The highest BCUT2D eigenvalue weighted by Gasteiger charge is 2.20. The molecule has 0 aliphatic heterocycles. The predicted molar refractivity (Wildman–Crippen MR) is 120 cm³/mol. The van der Waals surface area contributed by atoms with E-state index in [4.69, 9.17) is 9.47 Å². The standard InChI is InChI=1S/C22H23N3O5S/c1-29-17-9-10-19(20(12-17)25(27)28)23-22(26)15-24(14-18-7-5-11-31-18)13-16-6-3-4-8-21(16)30-2/h3-12H,13-15H2,1-2H3,(H,23,26). The molecule has 0 aliphatic carbocycles. The number of rotatable bonds is 10. The number of methoxy groups -OCH3 is 2. The minimum atomic E-state index is -0.545. The second-order valence-electron chi connectivity index (χ2n) is 6.72. The van der Waals surface area contributed by atoms with Crippen LogP contribution in [-0.2, 0) is 17.9 Å². The maximum Gasteiger partial charge on any atom is 0.296 e. The number of para-hydroxylation sites is 1. The molecule has 0 aliphatic rings. The van der Waals surface area contributed by atoms with E-state index in [-0.39, 0.29) is 23.8 Å². The predicted octanol–water partition coefficient (Wildman–Crippen LogP) is 4.31. The van der Waals surface area contributed by atoms with Gasteiger partial charge < -0.3 is 14.8 Å². The Morgan fingerprint density at radius 3 is 2.58 bits per heavy atom. The lowest BCUT2D eigenvalue weighted by Crippen LogP contribution is -2.32. The molecule has 0 saturated heterocycles. The molecule has 1 heterocycles. The Bertz CT molecular complexity index is 1040. The number of benzene rings is 2. The first-order chi connectivity index (χ1) is 15.0. The highest BCUT2D eigenvalue weighted by atomic mass is 32.1. The van der Waals surface area contributed by atoms with Crippen molar-refractivity contribution in [2.45, 2.75) is 13.1 Å². The molecule has 1 N–H and O–H groups in total. The normalized spacial score (nSPS) is 10.7. The number of nitrogens with zero attached hydrogens (tertiary/aromatic N) is 2. The van der Waals surface area contributed by atoms with E-state index in [1.807, 2.05) is 46.7 Å². The summed E-state index contributed by atoms with van der Waals surface area (Å²) in [5.41, 5.74) is 0.858. The number of hydrogen-bond acceptors (Lipinski definition) is 7. The molecule has 9 heteroatoms. The third-order valence-electron chi connectivity index (χ3n) is 4.59. The first-order valence-electron chi connectivity index (χ1n) is 9.49. The summed E-state index contributed by atoms with van der Waals surface area (Å²) in [5, 5.41) is 16.0. The highest BCUT2D eigenvalue weighted by molar-refractivity contribution is 7.09. The molecule has 3 aromatic rings. The van der Waals surface area contributed by atoms with Crippen LogP contribution >= 0.6 is 11.3 Å². The van der Waals surface area contributed by atoms with Crippen LogP contribution in [0.25, 0.3) is 0 Å². The van der Waals surface area contributed by atoms with Gasteiger partial charge in [0.15, 0.2) is 0 Å². The number of nitro benzene ring substituents is 1. The maximum atomic E-state index is 12.8. The fraction of sp³-hybridized carbons (Fsp3) is 0.227. The van der Waals surface area contributed by atoms with Crippen LogP contribution in [0.3, 0.4) is 0 Å². The summed E-state index contributed by atoms with van der Waals surface area (Å²) in [6.07, 6.45) is 0. The number of thiophene rings is 1. The summed E-state index contributed by atoms with van der Waals surface area (Å²) in [4.78, 5) is 26.7. The number of ether oxygens (including phenoxy) is 2. The average molecular weight is 442 g/mol. The SMILES string of the molecule is COc1ccc(NC(=O)CN(Cc2cccs2)Cc2ccccc2OC)c([N+](=O)[O-])c1. The van der Waals surface area contributed by atoms with E-state index in [1.165, 1.54) is 19.2 Å². The van der Waals surface area contributed by atoms with Crippen molar-refractivity contribution in [3.05, 3.63) is 80.5 Å². The van der Waals surface area contributed by atoms with Gasteiger partial charge in [-0.3, -0.25) is 19.8 Å². The molecule has 31 heavy (non-hydrogen) atoms. The van der Waals surface area contributed by atoms with Gasteiger partial charge in [0, 0.05) is 23.5 Å². The zero-order valence-electron chi connectivity index (χ0n) is 17.2. The largest absolute Gasteiger partial charge is 0.496 e. The molecule has 0 spiro atoms. The second-order valence-corrected chi connectivity index (χ2v) is 7.76. The molecule has 8 nitrogen and oxygen atoms in total. The molecule has 0 unspecified atom stereocenters. The molecule has 0 atom stereocenters. The van der Waals surface area contributed by atoms with Crippen LogP contribution in [0.1, 0.15) is 10.4 Å². The second kappa shape index (κ2) is 10.6. The van der Waals surface area contributed by atoms with Crippen LogP contribution in [0.5, 0.6) is 11.5 Å². The zero-order valence-corrected chi connectivity index (χ0v) is 18.1. The Morgan fingerprint density at radius 2 is 1.90 bits per heavy atom. The Balaban J connectivity index is 1.77. The van der Waals surface area contributed by atoms with Crippen molar-refractivity contribution in [2.75, 3.05) is 26.1 Å². The summed E-state index contributed by atoms with van der Waals surface area (Å²) in [5.74, 6) is 0.741. The Kier molecular flexibility index (Phi) is 7.58. The van der Waals surface area contributed by atoms with Gasteiger partial charge in [-0.1, -0.05) is 24.3 Å². The van der Waals surface area contributed by atoms with E-state index in [0.29, 0.717) is 18.8 Å². The molecule has 0 fully saturated rings. The number of nitro groups is 1. The molecule has 162 valence electrons. The molecular weight excluding hydrogens is 418 g/mol. The van der Waals surface area contributed by atoms with Gasteiger partial charge in [0.1, 0.15) is 17.2 Å². The van der Waals surface area contributed by atoms with Gasteiger partial charge in [0.2, 0.25) is 5.91 Å². The van der Waals surface area contributed by atoms with Gasteiger partial charge in [-0.05, 0) is 29.6 Å². The van der Waals surface area contributed by atoms with Gasteiger partial charge in [0.05, 0.1) is 31.8 Å². The van der Waals surface area contributed by atoms with Crippen LogP contribution in [0, 0.1) is 10.1 Å². The first kappa shape index (κ1) is 22.3. The summed E-state index contributed by atoms with van der Waals surface area (Å²) < 4.78 is 10.5. The van der Waals surface area contributed by atoms with Gasteiger partial charge in [0.25, 0.3) is 5.69 Å². The summed E-state index contributed by atoms with van der Waals surface area (Å²) in [6, 6.07) is 15.9. The van der Waals surface area contributed by atoms with Crippen molar-refractivity contribution in [1.29, 1.82) is 0 Å². The minimum Gasteiger partial charge on any atom is -0.496 e. The van der Waals surface area contributed by atoms with Crippen LogP contribution in [0.4, 0.5) is 11.4 Å². The number of carbonyl (C=O) groups excluding carboxylic acids is 1. The molecule has 2 aromatic carbocycles. The van der Waals surface area contributed by atoms with E-state index < -0.39 is 4.92 Å². The summed E-state index contributed by atoms with van der Waals surface area (Å²) >= 11 is 1.61. The maximum absolute atomic E-state index is 12.8. The smallest absolute Gasteiger partial charge is 0.296 e. The monoisotopic (exact) mass is 441 g/mol. The van der Waals surface area contributed by atoms with Crippen molar-refractivity contribution < 1.29 is 19.2 Å². The fourth-order valence-electron chi connectivity index (χ4n) is 3.15. The van der Waals surface area contributed by atoms with Crippen LogP contribution in [0.15, 0.2) is 60.0 Å². The molecule has 0 bridgehead atoms. The van der Waals surface area contributed by atoms with Crippen molar-refractivity contribution in [3.8, 4) is 11.5 Å². The van der Waals surface area contributed by atoms with Crippen molar-refractivity contribution >= 4 is 28.6 Å². The Hall–Kier alpha value is -3.43. The lowest BCUT2D eigenvalue weighted by atomic mass is 10.2. The molecule has 0 saturated carbocycles. The van der Waals surface area contributed by atoms with E-state index in [0.717, 1.165) is 16.2 Å².